The number of carbonyl (C=O) groups excluding carboxylic acids is 2. The fourth-order valence-electron chi connectivity index (χ4n) is 3.21. The minimum absolute atomic E-state index is 0.0554. The summed E-state index contributed by atoms with van der Waals surface area (Å²) in [6, 6.07) is 12.1. The van der Waals surface area contributed by atoms with Crippen LogP contribution in [0.3, 0.4) is 0 Å². The van der Waals surface area contributed by atoms with Crippen LogP contribution in [0.4, 0.5) is 10.1 Å². The molecule has 1 unspecified atom stereocenters. The van der Waals surface area contributed by atoms with Crippen molar-refractivity contribution in [3.8, 4) is 0 Å². The molecule has 134 valence electrons. The molecular weight excluding hydrogens is 333 g/mol. The van der Waals surface area contributed by atoms with E-state index in [1.807, 2.05) is 19.1 Å². The quantitative estimate of drug-likeness (QED) is 0.893. The van der Waals surface area contributed by atoms with Crippen LogP contribution in [0.25, 0.3) is 0 Å². The van der Waals surface area contributed by atoms with Crippen molar-refractivity contribution in [3.05, 3.63) is 76.8 Å². The average molecular weight is 353 g/mol. The number of benzene rings is 2. The third kappa shape index (κ3) is 2.90. The Morgan fingerprint density at radius 1 is 1.12 bits per heavy atom. The number of para-hydroxylation sites is 1. The van der Waals surface area contributed by atoms with Crippen molar-refractivity contribution in [2.75, 3.05) is 4.90 Å². The first-order valence-electron chi connectivity index (χ1n) is 8.45. The third-order valence-electron chi connectivity index (χ3n) is 4.56. The van der Waals surface area contributed by atoms with Gasteiger partial charge in [0.05, 0.1) is 11.6 Å². The summed E-state index contributed by atoms with van der Waals surface area (Å²) in [5.74, 6) is -2.27. The van der Waals surface area contributed by atoms with Crippen molar-refractivity contribution in [1.29, 1.82) is 0 Å². The molecule has 0 saturated heterocycles. The molecule has 1 heterocycles. The molecule has 0 fully saturated rings. The van der Waals surface area contributed by atoms with Gasteiger partial charge in [-0.3, -0.25) is 14.5 Å². The fraction of sp³-hybridized carbons (Fsp3) is 0.238. The van der Waals surface area contributed by atoms with Crippen LogP contribution in [0.15, 0.2) is 59.9 Å². The highest BCUT2D eigenvalue weighted by atomic mass is 19.1. The second-order valence-corrected chi connectivity index (χ2v) is 6.70. The Balaban J connectivity index is 2.21. The van der Waals surface area contributed by atoms with Crippen molar-refractivity contribution in [2.45, 2.75) is 26.8 Å². The van der Waals surface area contributed by atoms with Crippen LogP contribution in [-0.2, 0) is 9.59 Å². The second-order valence-electron chi connectivity index (χ2n) is 6.70. The van der Waals surface area contributed by atoms with Crippen molar-refractivity contribution in [2.24, 2.45) is 5.92 Å². The number of ketones is 1. The van der Waals surface area contributed by atoms with Gasteiger partial charge < -0.3 is 5.11 Å². The Hall–Kier alpha value is -2.95. The van der Waals surface area contributed by atoms with Gasteiger partial charge in [-0.1, -0.05) is 44.2 Å². The molecular formula is C21H20FNO3. The SMILES string of the molecule is Cc1ccccc1N1C(=O)C(O)=C(C(=O)C(C)C)C1c1ccc(F)cc1. The van der Waals surface area contributed by atoms with Gasteiger partial charge in [-0.2, -0.15) is 0 Å². The molecule has 5 heteroatoms. The summed E-state index contributed by atoms with van der Waals surface area (Å²) in [5, 5.41) is 10.5. The van der Waals surface area contributed by atoms with Gasteiger partial charge in [-0.15, -0.1) is 0 Å². The lowest BCUT2D eigenvalue weighted by Crippen LogP contribution is -2.32. The Bertz CT molecular complexity index is 900. The molecule has 2 aromatic carbocycles. The van der Waals surface area contributed by atoms with E-state index in [2.05, 4.69) is 0 Å². The number of Topliss-reactive ketones (excluding diaryl/α,β-unsaturated/α-hetero) is 1. The van der Waals surface area contributed by atoms with Crippen molar-refractivity contribution < 1.29 is 19.1 Å². The number of rotatable bonds is 4. The number of nitrogens with zero attached hydrogens (tertiary/aromatic N) is 1. The molecule has 26 heavy (non-hydrogen) atoms. The maximum Gasteiger partial charge on any atom is 0.294 e. The lowest BCUT2D eigenvalue weighted by atomic mass is 9.91. The molecule has 3 rings (SSSR count). The molecule has 0 bridgehead atoms. The monoisotopic (exact) mass is 353 g/mol. The van der Waals surface area contributed by atoms with E-state index in [0.717, 1.165) is 5.56 Å². The van der Waals surface area contributed by atoms with Gasteiger partial charge in [-0.05, 0) is 36.2 Å². The Morgan fingerprint density at radius 2 is 1.73 bits per heavy atom. The Morgan fingerprint density at radius 3 is 2.31 bits per heavy atom. The highest BCUT2D eigenvalue weighted by Crippen LogP contribution is 2.42. The Kier molecular flexibility index (Phi) is 4.64. The third-order valence-corrected chi connectivity index (χ3v) is 4.56. The van der Waals surface area contributed by atoms with Crippen LogP contribution >= 0.6 is 0 Å². The van der Waals surface area contributed by atoms with Crippen molar-refractivity contribution >= 4 is 17.4 Å². The maximum atomic E-state index is 13.4. The Labute approximate surface area is 151 Å². The summed E-state index contributed by atoms with van der Waals surface area (Å²) in [6.07, 6.45) is 0. The predicted octanol–water partition coefficient (Wildman–Crippen LogP) is 4.26. The van der Waals surface area contributed by atoms with Crippen LogP contribution in [0, 0.1) is 18.7 Å². The minimum Gasteiger partial charge on any atom is -0.503 e. The molecule has 0 aromatic heterocycles. The van der Waals surface area contributed by atoms with Gasteiger partial charge in [0, 0.05) is 11.6 Å². The summed E-state index contributed by atoms with van der Waals surface area (Å²) in [5.41, 5.74) is 2.06. The molecule has 1 aliphatic rings. The topological polar surface area (TPSA) is 57.6 Å². The molecule has 1 atom stereocenters. The first-order chi connectivity index (χ1) is 12.3. The summed E-state index contributed by atoms with van der Waals surface area (Å²) in [7, 11) is 0. The number of aliphatic hydroxyl groups is 1. The number of hydrogen-bond acceptors (Lipinski definition) is 3. The van der Waals surface area contributed by atoms with Crippen molar-refractivity contribution in [1.82, 2.24) is 0 Å². The zero-order chi connectivity index (χ0) is 19.0. The lowest BCUT2D eigenvalue weighted by Gasteiger charge is -2.28. The van der Waals surface area contributed by atoms with Crippen LogP contribution in [0.2, 0.25) is 0 Å². The highest BCUT2D eigenvalue weighted by molar-refractivity contribution is 6.17. The smallest absolute Gasteiger partial charge is 0.294 e. The zero-order valence-electron chi connectivity index (χ0n) is 14.9. The van der Waals surface area contributed by atoms with E-state index < -0.39 is 23.5 Å². The standard InChI is InChI=1S/C21H20FNO3/c1-12(2)19(24)17-18(14-8-10-15(22)11-9-14)23(21(26)20(17)25)16-7-5-4-6-13(16)3/h4-12,18,25H,1-3H3. The van der Waals surface area contributed by atoms with Crippen LogP contribution < -0.4 is 4.90 Å². The first-order valence-corrected chi connectivity index (χ1v) is 8.45. The molecule has 0 radical (unpaired) electrons. The molecule has 1 N–H and O–H groups in total. The zero-order valence-corrected chi connectivity index (χ0v) is 14.9. The summed E-state index contributed by atoms with van der Waals surface area (Å²) in [4.78, 5) is 27.0. The number of carbonyl (C=O) groups is 2. The van der Waals surface area contributed by atoms with E-state index in [1.165, 1.54) is 29.2 Å². The molecule has 1 amide bonds. The summed E-state index contributed by atoms with van der Waals surface area (Å²) >= 11 is 0. The van der Waals surface area contributed by atoms with Crippen molar-refractivity contribution in [3.63, 3.8) is 0 Å². The number of hydrogen-bond donors (Lipinski definition) is 1. The average Bonchev–Trinajstić information content (AvgIpc) is 2.87. The van der Waals surface area contributed by atoms with Gasteiger partial charge in [-0.25, -0.2) is 4.39 Å². The van der Waals surface area contributed by atoms with Crippen LogP contribution in [0.5, 0.6) is 0 Å². The van der Waals surface area contributed by atoms with Gasteiger partial charge in [0.25, 0.3) is 5.91 Å². The second kappa shape index (κ2) is 6.75. The van der Waals surface area contributed by atoms with E-state index in [1.54, 1.807) is 26.0 Å². The van der Waals surface area contributed by atoms with E-state index in [0.29, 0.717) is 11.3 Å². The molecule has 0 spiro atoms. The normalized spacial score (nSPS) is 17.3. The molecule has 0 saturated carbocycles. The van der Waals surface area contributed by atoms with E-state index in [-0.39, 0.29) is 17.3 Å². The number of aliphatic hydroxyl groups excluding tert-OH is 1. The summed E-state index contributed by atoms with van der Waals surface area (Å²) < 4.78 is 13.4. The molecule has 1 aliphatic heterocycles. The number of aryl methyl sites for hydroxylation is 1. The van der Waals surface area contributed by atoms with Gasteiger partial charge >= 0.3 is 0 Å². The first kappa shape index (κ1) is 17.9. The lowest BCUT2D eigenvalue weighted by molar-refractivity contribution is -0.119. The maximum absolute atomic E-state index is 13.4. The minimum atomic E-state index is -0.793. The van der Waals surface area contributed by atoms with Crippen LogP contribution in [-0.4, -0.2) is 16.8 Å². The van der Waals surface area contributed by atoms with E-state index >= 15 is 0 Å². The molecule has 4 nitrogen and oxygen atoms in total. The largest absolute Gasteiger partial charge is 0.503 e. The van der Waals surface area contributed by atoms with E-state index in [9.17, 15) is 19.1 Å². The fourth-order valence-corrected chi connectivity index (χ4v) is 3.21. The molecule has 2 aromatic rings. The number of anilines is 1. The van der Waals surface area contributed by atoms with Gasteiger partial charge in [0.15, 0.2) is 11.5 Å². The van der Waals surface area contributed by atoms with Crippen LogP contribution in [0.1, 0.15) is 31.0 Å². The van der Waals surface area contributed by atoms with Gasteiger partial charge in [0.1, 0.15) is 5.82 Å². The molecule has 0 aliphatic carbocycles. The summed E-state index contributed by atoms with van der Waals surface area (Å²) in [6.45, 7) is 5.28. The van der Waals surface area contributed by atoms with Gasteiger partial charge in [0.2, 0.25) is 0 Å². The van der Waals surface area contributed by atoms with E-state index in [4.69, 9.17) is 0 Å². The number of amides is 1. The predicted molar refractivity (Wildman–Crippen MR) is 97.3 cm³/mol. The highest BCUT2D eigenvalue weighted by Gasteiger charge is 2.45. The number of halogens is 1.